The summed E-state index contributed by atoms with van der Waals surface area (Å²) in [5.41, 5.74) is 2.58. The predicted molar refractivity (Wildman–Crippen MR) is 79.3 cm³/mol. The minimum Gasteiger partial charge on any atom is -0.480 e. The van der Waals surface area contributed by atoms with Crippen molar-refractivity contribution in [2.75, 3.05) is 0 Å². The van der Waals surface area contributed by atoms with E-state index in [1.54, 1.807) is 12.5 Å². The highest BCUT2D eigenvalue weighted by atomic mass is 16.4. The maximum atomic E-state index is 11.6. The molecule has 118 valence electrons. The second-order valence-corrected chi connectivity index (χ2v) is 5.53. The molecule has 3 aromatic heterocycles. The van der Waals surface area contributed by atoms with Crippen LogP contribution in [0.5, 0.6) is 0 Å². The number of aromatic amines is 2. The SMILES string of the molecule is O=C(O)[C@H]1Cc2nc[nH]c2CN1Cc1ccc(-c2ccn[nH]2)o1. The first-order valence-corrected chi connectivity index (χ1v) is 7.27. The summed E-state index contributed by atoms with van der Waals surface area (Å²) >= 11 is 0. The third-order valence-corrected chi connectivity index (χ3v) is 4.07. The molecule has 23 heavy (non-hydrogen) atoms. The molecule has 4 rings (SSSR count). The van der Waals surface area contributed by atoms with E-state index in [9.17, 15) is 9.90 Å². The first kappa shape index (κ1) is 13.8. The molecule has 0 amide bonds. The molecule has 0 aromatic carbocycles. The van der Waals surface area contributed by atoms with Crippen LogP contribution in [0.4, 0.5) is 0 Å². The van der Waals surface area contributed by atoms with Gasteiger partial charge in [0, 0.05) is 19.2 Å². The Morgan fingerprint density at radius 3 is 3.13 bits per heavy atom. The van der Waals surface area contributed by atoms with E-state index < -0.39 is 12.0 Å². The molecule has 0 radical (unpaired) electrons. The first-order valence-electron chi connectivity index (χ1n) is 7.27. The summed E-state index contributed by atoms with van der Waals surface area (Å²) in [4.78, 5) is 20.7. The standard InChI is InChI=1S/C15H15N5O3/c21-15(22)13-5-11-12(17-8-16-11)7-20(13)6-9-1-2-14(23-9)10-3-4-18-19-10/h1-4,8,13H,5-7H2,(H,16,17)(H,18,19)(H,21,22)/t13-/m1/s1. The fourth-order valence-electron chi connectivity index (χ4n) is 2.90. The second kappa shape index (κ2) is 5.40. The number of aromatic nitrogens is 4. The molecule has 1 aliphatic rings. The van der Waals surface area contributed by atoms with Gasteiger partial charge in [-0.1, -0.05) is 0 Å². The molecular weight excluding hydrogens is 298 g/mol. The Balaban J connectivity index is 1.56. The molecule has 4 heterocycles. The lowest BCUT2D eigenvalue weighted by Crippen LogP contribution is -2.45. The normalized spacial score (nSPS) is 18.0. The van der Waals surface area contributed by atoms with Gasteiger partial charge in [0.05, 0.1) is 24.3 Å². The van der Waals surface area contributed by atoms with Crippen molar-refractivity contribution in [1.29, 1.82) is 0 Å². The molecule has 3 aromatic rings. The van der Waals surface area contributed by atoms with Crippen LogP contribution < -0.4 is 0 Å². The largest absolute Gasteiger partial charge is 0.480 e. The molecule has 8 heteroatoms. The van der Waals surface area contributed by atoms with E-state index in [0.717, 1.165) is 17.1 Å². The van der Waals surface area contributed by atoms with Crippen molar-refractivity contribution in [1.82, 2.24) is 25.1 Å². The smallest absolute Gasteiger partial charge is 0.321 e. The van der Waals surface area contributed by atoms with E-state index in [-0.39, 0.29) is 0 Å². The topological polar surface area (TPSA) is 111 Å². The molecule has 0 saturated heterocycles. The van der Waals surface area contributed by atoms with Gasteiger partial charge in [-0.2, -0.15) is 5.10 Å². The lowest BCUT2D eigenvalue weighted by Gasteiger charge is -2.31. The summed E-state index contributed by atoms with van der Waals surface area (Å²) < 4.78 is 5.80. The Bertz CT molecular complexity index is 820. The lowest BCUT2D eigenvalue weighted by atomic mass is 10.0. The van der Waals surface area contributed by atoms with Crippen LogP contribution in [-0.2, 0) is 24.3 Å². The number of carboxylic acid groups (broad SMARTS) is 1. The molecule has 0 bridgehead atoms. The second-order valence-electron chi connectivity index (χ2n) is 5.53. The maximum Gasteiger partial charge on any atom is 0.321 e. The van der Waals surface area contributed by atoms with Gasteiger partial charge in [0.15, 0.2) is 5.76 Å². The number of nitrogens with zero attached hydrogens (tertiary/aromatic N) is 3. The number of H-pyrrole nitrogens is 2. The zero-order chi connectivity index (χ0) is 15.8. The number of rotatable bonds is 4. The summed E-state index contributed by atoms with van der Waals surface area (Å²) in [7, 11) is 0. The molecule has 0 unspecified atom stereocenters. The summed E-state index contributed by atoms with van der Waals surface area (Å²) in [6.45, 7) is 0.927. The molecule has 8 nitrogen and oxygen atoms in total. The molecule has 0 aliphatic carbocycles. The van der Waals surface area contributed by atoms with Gasteiger partial charge < -0.3 is 14.5 Å². The van der Waals surface area contributed by atoms with Gasteiger partial charge >= 0.3 is 5.97 Å². The minimum absolute atomic E-state index is 0.391. The van der Waals surface area contributed by atoms with Gasteiger partial charge in [-0.3, -0.25) is 14.8 Å². The van der Waals surface area contributed by atoms with Gasteiger partial charge in [0.2, 0.25) is 0 Å². The average molecular weight is 313 g/mol. The van der Waals surface area contributed by atoms with Crippen molar-refractivity contribution < 1.29 is 14.3 Å². The third kappa shape index (κ3) is 2.53. The van der Waals surface area contributed by atoms with Crippen molar-refractivity contribution in [2.45, 2.75) is 25.6 Å². The number of nitrogens with one attached hydrogen (secondary N) is 2. The van der Waals surface area contributed by atoms with Gasteiger partial charge in [0.25, 0.3) is 0 Å². The van der Waals surface area contributed by atoms with Gasteiger partial charge in [-0.25, -0.2) is 4.98 Å². The highest BCUT2D eigenvalue weighted by Crippen LogP contribution is 2.25. The quantitative estimate of drug-likeness (QED) is 0.671. The molecule has 0 fully saturated rings. The zero-order valence-electron chi connectivity index (χ0n) is 12.2. The van der Waals surface area contributed by atoms with Crippen LogP contribution in [0, 0.1) is 0 Å². The van der Waals surface area contributed by atoms with E-state index in [4.69, 9.17) is 4.42 Å². The number of hydrogen-bond acceptors (Lipinski definition) is 5. The number of fused-ring (bicyclic) bond motifs is 1. The summed E-state index contributed by atoms with van der Waals surface area (Å²) in [6.07, 6.45) is 3.65. The van der Waals surface area contributed by atoms with Crippen LogP contribution >= 0.6 is 0 Å². The number of furan rings is 1. The van der Waals surface area contributed by atoms with Crippen LogP contribution in [0.15, 0.2) is 35.1 Å². The molecular formula is C15H15N5O3. The third-order valence-electron chi connectivity index (χ3n) is 4.07. The van der Waals surface area contributed by atoms with E-state index in [0.29, 0.717) is 31.0 Å². The maximum absolute atomic E-state index is 11.6. The van der Waals surface area contributed by atoms with Crippen LogP contribution in [-0.4, -0.2) is 42.2 Å². The van der Waals surface area contributed by atoms with Crippen molar-refractivity contribution in [2.24, 2.45) is 0 Å². The number of carbonyl (C=O) groups is 1. The number of hydrogen-bond donors (Lipinski definition) is 3. The molecule has 0 saturated carbocycles. The van der Waals surface area contributed by atoms with Gasteiger partial charge in [-0.15, -0.1) is 0 Å². The van der Waals surface area contributed by atoms with Crippen LogP contribution in [0.1, 0.15) is 17.1 Å². The molecule has 1 aliphatic heterocycles. The predicted octanol–water partition coefficient (Wildman–Crippen LogP) is 1.40. The summed E-state index contributed by atoms with van der Waals surface area (Å²) in [6, 6.07) is 4.92. The monoisotopic (exact) mass is 313 g/mol. The van der Waals surface area contributed by atoms with Crippen LogP contribution in [0.25, 0.3) is 11.5 Å². The molecule has 0 spiro atoms. The fraction of sp³-hybridized carbons (Fsp3) is 0.267. The Labute approximate surface area is 131 Å². The van der Waals surface area contributed by atoms with E-state index in [2.05, 4.69) is 20.2 Å². The Morgan fingerprint density at radius 1 is 1.43 bits per heavy atom. The Kier molecular flexibility index (Phi) is 3.23. The van der Waals surface area contributed by atoms with E-state index in [1.165, 1.54) is 0 Å². The van der Waals surface area contributed by atoms with Crippen molar-refractivity contribution in [3.63, 3.8) is 0 Å². The average Bonchev–Trinajstić information content (AvgIpc) is 3.27. The zero-order valence-corrected chi connectivity index (χ0v) is 12.2. The minimum atomic E-state index is -0.848. The van der Waals surface area contributed by atoms with Crippen molar-refractivity contribution >= 4 is 5.97 Å². The number of imidazole rings is 1. The van der Waals surface area contributed by atoms with Crippen molar-refractivity contribution in [3.8, 4) is 11.5 Å². The summed E-state index contributed by atoms with van der Waals surface area (Å²) in [5, 5.41) is 16.2. The van der Waals surface area contributed by atoms with Crippen molar-refractivity contribution in [3.05, 3.63) is 47.9 Å². The van der Waals surface area contributed by atoms with Gasteiger partial charge in [-0.05, 0) is 18.2 Å². The van der Waals surface area contributed by atoms with Gasteiger partial charge in [0.1, 0.15) is 17.5 Å². The Morgan fingerprint density at radius 2 is 2.35 bits per heavy atom. The van der Waals surface area contributed by atoms with E-state index >= 15 is 0 Å². The highest BCUT2D eigenvalue weighted by Gasteiger charge is 2.33. The lowest BCUT2D eigenvalue weighted by molar-refractivity contribution is -0.144. The van der Waals surface area contributed by atoms with Crippen LogP contribution in [0.2, 0.25) is 0 Å². The van der Waals surface area contributed by atoms with Crippen LogP contribution in [0.3, 0.4) is 0 Å². The Hall–Kier alpha value is -2.87. The molecule has 3 N–H and O–H groups in total. The first-order chi connectivity index (χ1) is 11.2. The molecule has 1 atom stereocenters. The van der Waals surface area contributed by atoms with E-state index in [1.807, 2.05) is 23.1 Å². The number of carboxylic acids is 1. The number of aliphatic carboxylic acids is 1. The summed E-state index contributed by atoms with van der Waals surface area (Å²) in [5.74, 6) is 0.548. The highest BCUT2D eigenvalue weighted by molar-refractivity contribution is 5.74. The fourth-order valence-corrected chi connectivity index (χ4v) is 2.90.